The van der Waals surface area contributed by atoms with Gasteiger partial charge in [-0.2, -0.15) is 0 Å². The van der Waals surface area contributed by atoms with Gasteiger partial charge in [-0.1, -0.05) is 86.1 Å². The summed E-state index contributed by atoms with van der Waals surface area (Å²) in [5.41, 5.74) is 0. The number of ether oxygens (including phenoxy) is 1. The lowest BCUT2D eigenvalue weighted by molar-refractivity contribution is 0.208. The van der Waals surface area contributed by atoms with Gasteiger partial charge in [-0.05, 0) is 12.7 Å². The van der Waals surface area contributed by atoms with Crippen LogP contribution in [0, 0.1) is 0 Å². The van der Waals surface area contributed by atoms with Crippen molar-refractivity contribution < 1.29 is 4.74 Å². The lowest BCUT2D eigenvalue weighted by Crippen LogP contribution is -1.93. The van der Waals surface area contributed by atoms with Crippen LogP contribution in [-0.4, -0.2) is 14.5 Å². The Hall–Kier alpha value is -0.395. The molecule has 0 heterocycles. The molecule has 0 aromatic rings. The maximum Gasteiger partial charge on any atom is 0.0876 e. The fourth-order valence-corrected chi connectivity index (χ4v) is 1.51. The Balaban J connectivity index is -0.000000579. The summed E-state index contributed by atoms with van der Waals surface area (Å²) in [5.74, 6) is 0.706. The lowest BCUT2D eigenvalue weighted by atomic mass is 10.0. The highest BCUT2D eigenvalue weighted by molar-refractivity contribution is 6.09. The van der Waals surface area contributed by atoms with Crippen LogP contribution in [0.3, 0.4) is 0 Å². The second kappa shape index (κ2) is 26.2. The predicted octanol–water partition coefficient (Wildman–Crippen LogP) is 6.30. The zero-order valence-electron chi connectivity index (χ0n) is 14.3. The van der Waals surface area contributed by atoms with Crippen molar-refractivity contribution in [3.8, 4) is 0 Å². The zero-order valence-corrected chi connectivity index (χ0v) is 14.3. The maximum absolute atomic E-state index is 5.36. The average molecular weight is 268 g/mol. The molecule has 0 aliphatic carbocycles. The zero-order chi connectivity index (χ0) is 15.4. The fourth-order valence-electron chi connectivity index (χ4n) is 1.51. The van der Waals surface area contributed by atoms with Crippen molar-refractivity contribution in [1.82, 2.24) is 0 Å². The number of allylic oxidation sites excluding steroid dienone is 1. The summed E-state index contributed by atoms with van der Waals surface area (Å²) in [7, 11) is 5.36. The van der Waals surface area contributed by atoms with Gasteiger partial charge >= 0.3 is 0 Å². The molecular formula is C17H37BO. The predicted molar refractivity (Wildman–Crippen MR) is 91.0 cm³/mol. The van der Waals surface area contributed by atoms with Gasteiger partial charge in [-0.3, -0.25) is 0 Å². The van der Waals surface area contributed by atoms with E-state index in [-0.39, 0.29) is 0 Å². The number of rotatable bonds is 11. The largest absolute Gasteiger partial charge is 0.499 e. The highest BCUT2D eigenvalue weighted by Gasteiger charge is 1.93. The van der Waals surface area contributed by atoms with Crippen molar-refractivity contribution >= 4 is 7.85 Å². The SMILES string of the molecule is CC.CC.[B]CC(=C)OCCCCCCCCCC. The van der Waals surface area contributed by atoms with E-state index in [4.69, 9.17) is 12.6 Å². The van der Waals surface area contributed by atoms with Crippen LogP contribution in [0.4, 0.5) is 0 Å². The van der Waals surface area contributed by atoms with Gasteiger partial charge in [0, 0.05) is 0 Å². The Morgan fingerprint density at radius 1 is 0.842 bits per heavy atom. The molecule has 0 atom stereocenters. The molecule has 0 saturated carbocycles. The molecular weight excluding hydrogens is 231 g/mol. The third-order valence-electron chi connectivity index (χ3n) is 2.53. The average Bonchev–Trinajstić information content (AvgIpc) is 2.49. The molecule has 0 bridgehead atoms. The molecule has 0 aliphatic heterocycles. The Labute approximate surface area is 124 Å². The van der Waals surface area contributed by atoms with E-state index < -0.39 is 0 Å². The van der Waals surface area contributed by atoms with E-state index in [1.807, 2.05) is 27.7 Å². The van der Waals surface area contributed by atoms with Crippen molar-refractivity contribution in [2.75, 3.05) is 6.61 Å². The van der Waals surface area contributed by atoms with E-state index in [9.17, 15) is 0 Å². The number of unbranched alkanes of at least 4 members (excludes halogenated alkanes) is 7. The van der Waals surface area contributed by atoms with E-state index in [0.717, 1.165) is 13.0 Å². The van der Waals surface area contributed by atoms with Gasteiger partial charge in [-0.15, -0.1) is 0 Å². The molecule has 0 fully saturated rings. The molecule has 2 radical (unpaired) electrons. The smallest absolute Gasteiger partial charge is 0.0876 e. The summed E-state index contributed by atoms with van der Waals surface area (Å²) in [5, 5.41) is 0. The van der Waals surface area contributed by atoms with Crippen LogP contribution >= 0.6 is 0 Å². The Bertz CT molecular complexity index is 146. The normalized spacial score (nSPS) is 8.68. The molecule has 114 valence electrons. The molecule has 2 heteroatoms. The van der Waals surface area contributed by atoms with E-state index >= 15 is 0 Å². The van der Waals surface area contributed by atoms with E-state index in [1.54, 1.807) is 0 Å². The van der Waals surface area contributed by atoms with E-state index in [1.165, 1.54) is 44.9 Å². The highest BCUT2D eigenvalue weighted by atomic mass is 16.5. The maximum atomic E-state index is 5.36. The van der Waals surface area contributed by atoms with Crippen LogP contribution < -0.4 is 0 Å². The van der Waals surface area contributed by atoms with Crippen LogP contribution in [0.15, 0.2) is 12.3 Å². The molecule has 0 saturated heterocycles. The molecule has 0 spiro atoms. The molecule has 19 heavy (non-hydrogen) atoms. The second-order valence-corrected chi connectivity index (χ2v) is 4.07. The van der Waals surface area contributed by atoms with Crippen LogP contribution in [0.1, 0.15) is 86.0 Å². The first-order valence-corrected chi connectivity index (χ1v) is 8.32. The monoisotopic (exact) mass is 268 g/mol. The third kappa shape index (κ3) is 27.0. The molecule has 0 rings (SSSR count). The molecule has 0 aliphatic rings. The van der Waals surface area contributed by atoms with Crippen molar-refractivity contribution in [2.45, 2.75) is 92.3 Å². The molecule has 0 aromatic heterocycles. The molecule has 0 N–H and O–H groups in total. The number of hydrogen-bond donors (Lipinski definition) is 0. The lowest BCUT2D eigenvalue weighted by Gasteiger charge is -2.06. The minimum atomic E-state index is 0.441. The first-order valence-electron chi connectivity index (χ1n) is 8.32. The van der Waals surface area contributed by atoms with Gasteiger partial charge in [0.15, 0.2) is 0 Å². The van der Waals surface area contributed by atoms with Crippen LogP contribution in [0.2, 0.25) is 6.32 Å². The Morgan fingerprint density at radius 3 is 1.68 bits per heavy atom. The van der Waals surface area contributed by atoms with E-state index in [0.29, 0.717) is 12.1 Å². The Kier molecular flexibility index (Phi) is 32.7. The van der Waals surface area contributed by atoms with Gasteiger partial charge in [0.2, 0.25) is 0 Å². The van der Waals surface area contributed by atoms with Gasteiger partial charge in [0.1, 0.15) is 0 Å². The van der Waals surface area contributed by atoms with Gasteiger partial charge < -0.3 is 4.74 Å². The first kappa shape index (κ1) is 23.7. The topological polar surface area (TPSA) is 9.23 Å². The summed E-state index contributed by atoms with van der Waals surface area (Å²) in [4.78, 5) is 0. The molecule has 0 aromatic carbocycles. The Morgan fingerprint density at radius 2 is 1.26 bits per heavy atom. The standard InChI is InChI=1S/C13H25BO.2C2H6/c1-3-4-5-6-7-8-9-10-11-15-13(2)12-14;2*1-2/h2-12H2,1H3;2*1-2H3. The van der Waals surface area contributed by atoms with Crippen LogP contribution in [0.25, 0.3) is 0 Å². The fraction of sp³-hybridized carbons (Fsp3) is 0.882. The van der Waals surface area contributed by atoms with Gasteiger partial charge in [0.05, 0.1) is 20.2 Å². The first-order chi connectivity index (χ1) is 9.31. The molecule has 0 amide bonds. The van der Waals surface area contributed by atoms with Crippen molar-refractivity contribution in [1.29, 1.82) is 0 Å². The molecule has 0 unspecified atom stereocenters. The minimum Gasteiger partial charge on any atom is -0.499 e. The van der Waals surface area contributed by atoms with Crippen LogP contribution in [-0.2, 0) is 4.74 Å². The van der Waals surface area contributed by atoms with Crippen molar-refractivity contribution in [3.63, 3.8) is 0 Å². The summed E-state index contributed by atoms with van der Waals surface area (Å²) in [6, 6.07) is 0. The number of hydrogen-bond acceptors (Lipinski definition) is 1. The molecule has 1 nitrogen and oxygen atoms in total. The van der Waals surface area contributed by atoms with Crippen LogP contribution in [0.5, 0.6) is 0 Å². The summed E-state index contributed by atoms with van der Waals surface area (Å²) < 4.78 is 5.32. The third-order valence-corrected chi connectivity index (χ3v) is 2.53. The van der Waals surface area contributed by atoms with Gasteiger partial charge in [0.25, 0.3) is 0 Å². The van der Waals surface area contributed by atoms with Gasteiger partial charge in [-0.25, -0.2) is 0 Å². The van der Waals surface area contributed by atoms with Crippen molar-refractivity contribution in [3.05, 3.63) is 12.3 Å². The van der Waals surface area contributed by atoms with E-state index in [2.05, 4.69) is 13.5 Å². The quantitative estimate of drug-likeness (QED) is 0.243. The summed E-state index contributed by atoms with van der Waals surface area (Å²) in [6.45, 7) is 14.7. The second-order valence-electron chi connectivity index (χ2n) is 4.07. The summed E-state index contributed by atoms with van der Waals surface area (Å²) in [6.07, 6.45) is 11.1. The highest BCUT2D eigenvalue weighted by Crippen LogP contribution is 2.09. The van der Waals surface area contributed by atoms with Crippen molar-refractivity contribution in [2.24, 2.45) is 0 Å². The minimum absolute atomic E-state index is 0.441. The summed E-state index contributed by atoms with van der Waals surface area (Å²) >= 11 is 0.